The maximum absolute atomic E-state index is 11.1. The zero-order valence-electron chi connectivity index (χ0n) is 11.9. The number of phenols is 1. The normalized spacial score (nSPS) is 12.0. The molecule has 2 aromatic carbocycles. The molecule has 1 heterocycles. The first kappa shape index (κ1) is 15.2. The zero-order valence-corrected chi connectivity index (χ0v) is 12.8. The summed E-state index contributed by atoms with van der Waals surface area (Å²) in [7, 11) is 0. The number of hydrogen-bond acceptors (Lipinski definition) is 5. The molecule has 0 fully saturated rings. The van der Waals surface area contributed by atoms with Crippen molar-refractivity contribution < 1.29 is 19.4 Å². The van der Waals surface area contributed by atoms with Crippen molar-refractivity contribution in [3.63, 3.8) is 0 Å². The van der Waals surface area contributed by atoms with Crippen LogP contribution in [-0.4, -0.2) is 21.2 Å². The van der Waals surface area contributed by atoms with E-state index in [0.29, 0.717) is 17.0 Å². The second-order valence-corrected chi connectivity index (χ2v) is 5.40. The van der Waals surface area contributed by atoms with Gasteiger partial charge in [-0.2, -0.15) is 12.6 Å². The number of aromatic hydroxyl groups is 1. The highest BCUT2D eigenvalue weighted by molar-refractivity contribution is 7.81. The molecule has 2 N–H and O–H groups in total. The number of rotatable bonds is 4. The fraction of sp³-hybridized carbons (Fsp3) is 0.0588. The second-order valence-electron chi connectivity index (χ2n) is 4.88. The average Bonchev–Trinajstić information content (AvgIpc) is 3.00. The van der Waals surface area contributed by atoms with Gasteiger partial charge in [-0.05, 0) is 24.3 Å². The van der Waals surface area contributed by atoms with Crippen LogP contribution in [-0.2, 0) is 4.79 Å². The van der Waals surface area contributed by atoms with Crippen LogP contribution in [0.1, 0.15) is 11.1 Å². The fourth-order valence-electron chi connectivity index (χ4n) is 2.16. The summed E-state index contributed by atoms with van der Waals surface area (Å²) in [6, 6.07) is 15.7. The third-order valence-corrected chi connectivity index (χ3v) is 3.73. The first-order valence-corrected chi connectivity index (χ1v) is 7.34. The van der Waals surface area contributed by atoms with Crippen molar-refractivity contribution in [3.8, 4) is 28.3 Å². The van der Waals surface area contributed by atoms with Crippen molar-refractivity contribution in [1.29, 1.82) is 0 Å². The van der Waals surface area contributed by atoms with Gasteiger partial charge in [0.05, 0.1) is 0 Å². The molecule has 0 aliphatic heterocycles. The maximum Gasteiger partial charge on any atom is 0.325 e. The van der Waals surface area contributed by atoms with Crippen molar-refractivity contribution in [1.82, 2.24) is 4.98 Å². The first-order valence-electron chi connectivity index (χ1n) is 6.82. The second kappa shape index (κ2) is 6.18. The van der Waals surface area contributed by atoms with Crippen LogP contribution in [0.3, 0.4) is 0 Å². The van der Waals surface area contributed by atoms with Crippen molar-refractivity contribution >= 4 is 18.6 Å². The predicted octanol–water partition coefficient (Wildman–Crippen LogP) is 3.77. The number of hydrogen-bond donors (Lipinski definition) is 3. The van der Waals surface area contributed by atoms with Gasteiger partial charge in [0.2, 0.25) is 5.89 Å². The van der Waals surface area contributed by atoms with Gasteiger partial charge >= 0.3 is 5.97 Å². The highest BCUT2D eigenvalue weighted by Gasteiger charge is 2.25. The molecule has 3 rings (SSSR count). The molecule has 0 radical (unpaired) electrons. The number of carboxylic acids is 1. The van der Waals surface area contributed by atoms with Gasteiger partial charge in [-0.3, -0.25) is 4.79 Å². The summed E-state index contributed by atoms with van der Waals surface area (Å²) in [5.74, 6) is -0.517. The van der Waals surface area contributed by atoms with Crippen LogP contribution in [0, 0.1) is 0 Å². The SMILES string of the molecule is O=C(O)C(S)c1nc(-c2ccc(O)cc2)c(-c2ccccc2)o1. The largest absolute Gasteiger partial charge is 0.508 e. The van der Waals surface area contributed by atoms with E-state index < -0.39 is 11.2 Å². The third-order valence-electron chi connectivity index (χ3n) is 3.29. The molecule has 1 aromatic heterocycles. The molecular weight excluding hydrogens is 314 g/mol. The molecule has 0 aliphatic rings. The minimum absolute atomic E-state index is 0.0164. The Morgan fingerprint density at radius 2 is 1.70 bits per heavy atom. The Morgan fingerprint density at radius 3 is 2.30 bits per heavy atom. The summed E-state index contributed by atoms with van der Waals surface area (Å²) in [4.78, 5) is 15.4. The molecule has 1 atom stereocenters. The standard InChI is InChI=1S/C17H13NO4S/c19-12-8-6-10(7-9-12)13-14(11-4-2-1-3-5-11)22-16(18-13)15(23)17(20)21/h1-9,15,19,23H,(H,20,21). The molecule has 23 heavy (non-hydrogen) atoms. The Morgan fingerprint density at radius 1 is 1.04 bits per heavy atom. The van der Waals surface area contributed by atoms with Crippen LogP contribution in [0.5, 0.6) is 5.75 Å². The Kier molecular flexibility index (Phi) is 4.08. The third kappa shape index (κ3) is 3.07. The molecule has 5 nitrogen and oxygen atoms in total. The first-order chi connectivity index (χ1) is 11.1. The van der Waals surface area contributed by atoms with Crippen molar-refractivity contribution in [2.45, 2.75) is 5.25 Å². The van der Waals surface area contributed by atoms with E-state index in [0.717, 1.165) is 5.56 Å². The minimum Gasteiger partial charge on any atom is -0.508 e. The van der Waals surface area contributed by atoms with Gasteiger partial charge < -0.3 is 14.6 Å². The Balaban J connectivity index is 2.16. The number of aromatic nitrogens is 1. The fourth-order valence-corrected chi connectivity index (χ4v) is 2.27. The molecule has 0 aliphatic carbocycles. The average molecular weight is 327 g/mol. The van der Waals surface area contributed by atoms with E-state index in [9.17, 15) is 9.90 Å². The molecule has 3 aromatic rings. The monoisotopic (exact) mass is 327 g/mol. The number of carboxylic acid groups (broad SMARTS) is 1. The topological polar surface area (TPSA) is 83.6 Å². The van der Waals surface area contributed by atoms with Gasteiger partial charge in [0.1, 0.15) is 11.4 Å². The number of carbonyl (C=O) groups is 1. The van der Waals surface area contributed by atoms with E-state index >= 15 is 0 Å². The minimum atomic E-state index is -1.15. The van der Waals surface area contributed by atoms with Gasteiger partial charge in [-0.1, -0.05) is 30.3 Å². The molecule has 0 saturated carbocycles. The molecule has 116 valence electrons. The van der Waals surface area contributed by atoms with E-state index in [4.69, 9.17) is 9.52 Å². The Hall–Kier alpha value is -2.73. The van der Waals surface area contributed by atoms with E-state index in [1.807, 2.05) is 30.3 Å². The maximum atomic E-state index is 11.1. The summed E-state index contributed by atoms with van der Waals surface area (Å²) in [6.07, 6.45) is 0. The number of oxazole rings is 1. The number of aliphatic carboxylic acids is 1. The van der Waals surface area contributed by atoms with Crippen LogP contribution in [0.25, 0.3) is 22.6 Å². The summed E-state index contributed by atoms with van der Waals surface area (Å²) >= 11 is 4.02. The summed E-state index contributed by atoms with van der Waals surface area (Å²) in [5, 5.41) is 17.4. The predicted molar refractivity (Wildman–Crippen MR) is 88.4 cm³/mol. The molecule has 1 unspecified atom stereocenters. The lowest BCUT2D eigenvalue weighted by atomic mass is 10.1. The Labute approximate surface area is 137 Å². The highest BCUT2D eigenvalue weighted by Crippen LogP contribution is 2.35. The van der Waals surface area contributed by atoms with Crippen LogP contribution < -0.4 is 0 Å². The highest BCUT2D eigenvalue weighted by atomic mass is 32.1. The van der Waals surface area contributed by atoms with Gasteiger partial charge in [0.25, 0.3) is 0 Å². The smallest absolute Gasteiger partial charge is 0.325 e. The molecule has 6 heteroatoms. The van der Waals surface area contributed by atoms with Crippen LogP contribution in [0.15, 0.2) is 59.0 Å². The van der Waals surface area contributed by atoms with E-state index in [1.165, 1.54) is 12.1 Å². The summed E-state index contributed by atoms with van der Waals surface area (Å²) < 4.78 is 5.68. The van der Waals surface area contributed by atoms with Crippen molar-refractivity contribution in [2.75, 3.05) is 0 Å². The lowest BCUT2D eigenvalue weighted by molar-refractivity contribution is -0.136. The van der Waals surface area contributed by atoms with Crippen molar-refractivity contribution in [2.24, 2.45) is 0 Å². The van der Waals surface area contributed by atoms with Gasteiger partial charge in [0, 0.05) is 11.1 Å². The van der Waals surface area contributed by atoms with Crippen LogP contribution in [0.4, 0.5) is 0 Å². The summed E-state index contributed by atoms with van der Waals surface area (Å²) in [6.45, 7) is 0. The van der Waals surface area contributed by atoms with Gasteiger partial charge in [0.15, 0.2) is 11.0 Å². The Bertz CT molecular complexity index is 828. The number of phenolic OH excluding ortho intramolecular Hbond substituents is 1. The lowest BCUT2D eigenvalue weighted by Gasteiger charge is -2.01. The van der Waals surface area contributed by atoms with E-state index in [2.05, 4.69) is 17.6 Å². The van der Waals surface area contributed by atoms with Gasteiger partial charge in [-0.15, -0.1) is 0 Å². The molecule has 0 bridgehead atoms. The van der Waals surface area contributed by atoms with Gasteiger partial charge in [-0.25, -0.2) is 4.98 Å². The van der Waals surface area contributed by atoms with Crippen LogP contribution >= 0.6 is 12.6 Å². The molecule has 0 amide bonds. The quantitative estimate of drug-likeness (QED) is 0.635. The lowest BCUT2D eigenvalue weighted by Crippen LogP contribution is -2.05. The molecular formula is C17H13NO4S. The van der Waals surface area contributed by atoms with Crippen molar-refractivity contribution in [3.05, 3.63) is 60.5 Å². The van der Waals surface area contributed by atoms with E-state index in [-0.39, 0.29) is 11.6 Å². The van der Waals surface area contributed by atoms with E-state index in [1.54, 1.807) is 12.1 Å². The number of benzene rings is 2. The summed E-state index contributed by atoms with van der Waals surface area (Å²) in [5.41, 5.74) is 1.99. The zero-order chi connectivity index (χ0) is 16.4. The molecule has 0 saturated heterocycles. The van der Waals surface area contributed by atoms with Crippen LogP contribution in [0.2, 0.25) is 0 Å². The number of thiol groups is 1. The molecule has 0 spiro atoms. The number of nitrogens with zero attached hydrogens (tertiary/aromatic N) is 1.